The summed E-state index contributed by atoms with van der Waals surface area (Å²) in [4.78, 5) is 13.6. The topological polar surface area (TPSA) is 20.3 Å². The molecule has 0 saturated heterocycles. The van der Waals surface area contributed by atoms with Gasteiger partial charge >= 0.3 is 0 Å². The van der Waals surface area contributed by atoms with Crippen molar-refractivity contribution < 1.29 is 4.79 Å². The molecule has 0 atom stereocenters. The van der Waals surface area contributed by atoms with Crippen LogP contribution in [0.2, 0.25) is 0 Å². The third kappa shape index (κ3) is 7.18. The van der Waals surface area contributed by atoms with Gasteiger partial charge in [-0.3, -0.25) is 4.79 Å². The standard InChI is InChI=1S/C13H25NO/c1-8-11(15)14(9-12(2,3)4)10-13(5,6)7/h8H,1,9-10H2,2-7H3. The van der Waals surface area contributed by atoms with Gasteiger partial charge in [0.25, 0.3) is 0 Å². The summed E-state index contributed by atoms with van der Waals surface area (Å²) < 4.78 is 0. The van der Waals surface area contributed by atoms with E-state index in [1.54, 1.807) is 0 Å². The second kappa shape index (κ2) is 4.82. The maximum absolute atomic E-state index is 11.7. The number of hydrogen-bond acceptors (Lipinski definition) is 1. The molecule has 2 nitrogen and oxygen atoms in total. The summed E-state index contributed by atoms with van der Waals surface area (Å²) in [6.07, 6.45) is 1.40. The summed E-state index contributed by atoms with van der Waals surface area (Å²) in [5.74, 6) is 0.0276. The lowest BCUT2D eigenvalue weighted by atomic mass is 9.92. The van der Waals surface area contributed by atoms with Crippen LogP contribution in [0.5, 0.6) is 0 Å². The highest BCUT2D eigenvalue weighted by molar-refractivity contribution is 5.87. The van der Waals surface area contributed by atoms with E-state index in [9.17, 15) is 4.79 Å². The second-order valence-corrected chi connectivity index (χ2v) is 6.52. The molecule has 0 aliphatic heterocycles. The first kappa shape index (κ1) is 14.2. The number of carbonyl (C=O) groups excluding carboxylic acids is 1. The predicted molar refractivity (Wildman–Crippen MR) is 65.7 cm³/mol. The summed E-state index contributed by atoms with van der Waals surface area (Å²) >= 11 is 0. The van der Waals surface area contributed by atoms with Crippen LogP contribution in [0.25, 0.3) is 0 Å². The van der Waals surface area contributed by atoms with Crippen molar-refractivity contribution in [2.75, 3.05) is 13.1 Å². The van der Waals surface area contributed by atoms with Gasteiger partial charge in [-0.2, -0.15) is 0 Å². The van der Waals surface area contributed by atoms with E-state index in [1.807, 2.05) is 4.90 Å². The van der Waals surface area contributed by atoms with E-state index < -0.39 is 0 Å². The molecule has 0 aromatic carbocycles. The van der Waals surface area contributed by atoms with Gasteiger partial charge < -0.3 is 4.90 Å². The SMILES string of the molecule is C=CC(=O)N(CC(C)(C)C)CC(C)(C)C. The quantitative estimate of drug-likeness (QED) is 0.657. The summed E-state index contributed by atoms with van der Waals surface area (Å²) in [6, 6.07) is 0. The van der Waals surface area contributed by atoms with E-state index >= 15 is 0 Å². The number of rotatable bonds is 3. The fourth-order valence-corrected chi connectivity index (χ4v) is 1.49. The van der Waals surface area contributed by atoms with Gasteiger partial charge in [0.05, 0.1) is 0 Å². The zero-order chi connectivity index (χ0) is 12.3. The van der Waals surface area contributed by atoms with Crippen molar-refractivity contribution in [2.24, 2.45) is 10.8 Å². The molecule has 0 aromatic rings. The molecule has 0 aliphatic rings. The number of nitrogens with zero attached hydrogens (tertiary/aromatic N) is 1. The summed E-state index contributed by atoms with van der Waals surface area (Å²) in [6.45, 7) is 17.9. The van der Waals surface area contributed by atoms with Crippen LogP contribution < -0.4 is 0 Å². The van der Waals surface area contributed by atoms with E-state index in [1.165, 1.54) is 6.08 Å². The molecule has 0 fully saturated rings. The molecule has 0 heterocycles. The molecule has 0 aromatic heterocycles. The van der Waals surface area contributed by atoms with Gasteiger partial charge in [0.15, 0.2) is 0 Å². The Labute approximate surface area is 94.4 Å². The van der Waals surface area contributed by atoms with Crippen molar-refractivity contribution in [3.05, 3.63) is 12.7 Å². The third-order valence-corrected chi connectivity index (χ3v) is 1.82. The number of carbonyl (C=O) groups is 1. The van der Waals surface area contributed by atoms with Gasteiger partial charge in [0, 0.05) is 13.1 Å². The van der Waals surface area contributed by atoms with Crippen LogP contribution in [0.1, 0.15) is 41.5 Å². The molecule has 0 unspecified atom stereocenters. The van der Waals surface area contributed by atoms with Crippen LogP contribution >= 0.6 is 0 Å². The molecule has 0 bridgehead atoms. The lowest BCUT2D eigenvalue weighted by Gasteiger charge is -2.34. The van der Waals surface area contributed by atoms with E-state index in [2.05, 4.69) is 48.1 Å². The molecule has 0 saturated carbocycles. The van der Waals surface area contributed by atoms with Crippen molar-refractivity contribution >= 4 is 5.91 Å². The zero-order valence-corrected chi connectivity index (χ0v) is 11.1. The Morgan fingerprint density at radius 2 is 1.40 bits per heavy atom. The van der Waals surface area contributed by atoms with Gasteiger partial charge in [-0.1, -0.05) is 48.1 Å². The summed E-state index contributed by atoms with van der Waals surface area (Å²) in [7, 11) is 0. The minimum atomic E-state index is 0.0276. The van der Waals surface area contributed by atoms with Crippen molar-refractivity contribution in [1.29, 1.82) is 0 Å². The van der Waals surface area contributed by atoms with E-state index in [0.717, 1.165) is 13.1 Å². The second-order valence-electron chi connectivity index (χ2n) is 6.52. The third-order valence-electron chi connectivity index (χ3n) is 1.82. The minimum Gasteiger partial charge on any atom is -0.338 e. The number of amides is 1. The lowest BCUT2D eigenvalue weighted by Crippen LogP contribution is -2.41. The van der Waals surface area contributed by atoms with Crippen LogP contribution in [0, 0.1) is 10.8 Å². The highest BCUT2D eigenvalue weighted by atomic mass is 16.2. The van der Waals surface area contributed by atoms with Crippen molar-refractivity contribution in [2.45, 2.75) is 41.5 Å². The van der Waals surface area contributed by atoms with Gasteiger partial charge in [-0.05, 0) is 16.9 Å². The first-order valence-electron chi connectivity index (χ1n) is 5.46. The highest BCUT2D eigenvalue weighted by Gasteiger charge is 2.23. The first-order valence-corrected chi connectivity index (χ1v) is 5.46. The normalized spacial score (nSPS) is 12.4. The van der Waals surface area contributed by atoms with E-state index in [4.69, 9.17) is 0 Å². The fourth-order valence-electron chi connectivity index (χ4n) is 1.49. The Morgan fingerprint density at radius 1 is 1.07 bits per heavy atom. The molecular formula is C13H25NO. The van der Waals surface area contributed by atoms with Crippen LogP contribution in [-0.2, 0) is 4.79 Å². The Balaban J connectivity index is 4.60. The van der Waals surface area contributed by atoms with Gasteiger partial charge in [0.1, 0.15) is 0 Å². The van der Waals surface area contributed by atoms with Crippen LogP contribution in [0.15, 0.2) is 12.7 Å². The molecular weight excluding hydrogens is 186 g/mol. The van der Waals surface area contributed by atoms with Crippen molar-refractivity contribution in [3.8, 4) is 0 Å². The van der Waals surface area contributed by atoms with Crippen molar-refractivity contribution in [1.82, 2.24) is 4.90 Å². The van der Waals surface area contributed by atoms with Gasteiger partial charge in [0.2, 0.25) is 5.91 Å². The Kier molecular flexibility index (Phi) is 4.57. The van der Waals surface area contributed by atoms with Crippen LogP contribution in [0.4, 0.5) is 0 Å². The molecule has 2 heteroatoms. The highest BCUT2D eigenvalue weighted by Crippen LogP contribution is 2.20. The van der Waals surface area contributed by atoms with Crippen molar-refractivity contribution in [3.63, 3.8) is 0 Å². The Morgan fingerprint density at radius 3 is 1.60 bits per heavy atom. The predicted octanol–water partition coefficient (Wildman–Crippen LogP) is 3.09. The minimum absolute atomic E-state index is 0.0276. The molecule has 0 radical (unpaired) electrons. The maximum atomic E-state index is 11.7. The first-order chi connectivity index (χ1) is 6.55. The fraction of sp³-hybridized carbons (Fsp3) is 0.769. The summed E-state index contributed by atoms with van der Waals surface area (Å²) in [5.41, 5.74) is 0.258. The number of hydrogen-bond donors (Lipinski definition) is 0. The monoisotopic (exact) mass is 211 g/mol. The molecule has 15 heavy (non-hydrogen) atoms. The average molecular weight is 211 g/mol. The lowest BCUT2D eigenvalue weighted by molar-refractivity contribution is -0.128. The maximum Gasteiger partial charge on any atom is 0.245 e. The van der Waals surface area contributed by atoms with E-state index in [-0.39, 0.29) is 16.7 Å². The average Bonchev–Trinajstić information content (AvgIpc) is 1.96. The molecule has 0 rings (SSSR count). The molecule has 0 spiro atoms. The summed E-state index contributed by atoms with van der Waals surface area (Å²) in [5, 5.41) is 0. The van der Waals surface area contributed by atoms with E-state index in [0.29, 0.717) is 0 Å². The molecule has 1 amide bonds. The van der Waals surface area contributed by atoms with Crippen LogP contribution in [-0.4, -0.2) is 23.9 Å². The largest absolute Gasteiger partial charge is 0.338 e. The zero-order valence-electron chi connectivity index (χ0n) is 11.1. The molecule has 88 valence electrons. The molecule has 0 aliphatic carbocycles. The smallest absolute Gasteiger partial charge is 0.245 e. The Hall–Kier alpha value is -0.790. The van der Waals surface area contributed by atoms with Crippen LogP contribution in [0.3, 0.4) is 0 Å². The molecule has 0 N–H and O–H groups in total. The Bertz CT molecular complexity index is 214. The van der Waals surface area contributed by atoms with Gasteiger partial charge in [-0.15, -0.1) is 0 Å². The van der Waals surface area contributed by atoms with Gasteiger partial charge in [-0.25, -0.2) is 0 Å².